The Hall–Kier alpha value is -2.21. The molecule has 0 bridgehead atoms. The maximum absolute atomic E-state index is 12.7. The summed E-state index contributed by atoms with van der Waals surface area (Å²) in [4.78, 5) is 24.6. The molecule has 5 nitrogen and oxygen atoms in total. The summed E-state index contributed by atoms with van der Waals surface area (Å²) in [5.74, 6) is -0.0296. The Morgan fingerprint density at radius 2 is 1.71 bits per heavy atom. The van der Waals surface area contributed by atoms with Crippen molar-refractivity contribution >= 4 is 29.1 Å². The maximum atomic E-state index is 12.7. The molecule has 0 atom stereocenters. The summed E-state index contributed by atoms with van der Waals surface area (Å²) < 4.78 is 15.9. The van der Waals surface area contributed by atoms with Crippen LogP contribution in [0.25, 0.3) is 5.57 Å². The average Bonchev–Trinajstić information content (AvgIpc) is 2.85. The van der Waals surface area contributed by atoms with Crippen molar-refractivity contribution < 1.29 is 23.8 Å². The van der Waals surface area contributed by atoms with Crippen LogP contribution in [0.4, 0.5) is 0 Å². The van der Waals surface area contributed by atoms with Gasteiger partial charge in [0.25, 0.3) is 0 Å². The lowest BCUT2D eigenvalue weighted by Crippen LogP contribution is -2.04. The number of ketones is 1. The molecule has 1 aromatic carbocycles. The lowest BCUT2D eigenvalue weighted by atomic mass is 10.0. The molecule has 0 N–H and O–H groups in total. The smallest absolute Gasteiger partial charge is 0.332 e. The number of rotatable bonds is 7. The van der Waals surface area contributed by atoms with Gasteiger partial charge in [0.05, 0.1) is 30.3 Å². The predicted molar refractivity (Wildman–Crippen MR) is 93.5 cm³/mol. The van der Waals surface area contributed by atoms with E-state index < -0.39 is 5.97 Å². The van der Waals surface area contributed by atoms with Crippen molar-refractivity contribution in [3.8, 4) is 5.75 Å². The number of benzene rings is 1. The van der Waals surface area contributed by atoms with Crippen molar-refractivity contribution in [2.45, 2.75) is 20.8 Å². The zero-order valence-electron chi connectivity index (χ0n) is 14.0. The van der Waals surface area contributed by atoms with Gasteiger partial charge in [0, 0.05) is 6.08 Å². The van der Waals surface area contributed by atoms with E-state index >= 15 is 0 Å². The zero-order valence-corrected chi connectivity index (χ0v) is 14.8. The quantitative estimate of drug-likeness (QED) is 0.555. The zero-order chi connectivity index (χ0) is 17.5. The third-order valence-corrected chi connectivity index (χ3v) is 4.15. The highest BCUT2D eigenvalue weighted by Crippen LogP contribution is 2.43. The van der Waals surface area contributed by atoms with Gasteiger partial charge in [-0.05, 0) is 50.2 Å². The van der Waals surface area contributed by atoms with Gasteiger partial charge in [0.2, 0.25) is 5.78 Å². The van der Waals surface area contributed by atoms with Crippen molar-refractivity contribution in [3.05, 3.63) is 45.9 Å². The Kier molecular flexibility index (Phi) is 6.49. The molecule has 128 valence electrons. The number of hydrogen-bond acceptors (Lipinski definition) is 6. The molecule has 2 rings (SSSR count). The predicted octanol–water partition coefficient (Wildman–Crippen LogP) is 3.55. The van der Waals surface area contributed by atoms with Gasteiger partial charge in [-0.15, -0.1) is 0 Å². The normalized spacial score (nSPS) is 15.8. The highest BCUT2D eigenvalue weighted by molar-refractivity contribution is 8.08. The molecule has 0 spiro atoms. The highest BCUT2D eigenvalue weighted by atomic mass is 32.2. The first-order chi connectivity index (χ1) is 11.6. The molecule has 0 unspecified atom stereocenters. The minimum Gasteiger partial charge on any atom is -0.494 e. The standard InChI is InChI=1S/C18H20O5S/c1-4-21-13-9-7-12(8-10-13)16-17(20)14(11-15(19)22-5-2)24-18(16)23-6-3/h7-11H,4-6H2,1-3H3/b14-11-. The summed E-state index contributed by atoms with van der Waals surface area (Å²) in [6.07, 6.45) is 1.22. The van der Waals surface area contributed by atoms with Gasteiger partial charge in [-0.1, -0.05) is 12.1 Å². The first kappa shape index (κ1) is 18.1. The number of hydrogen-bond donors (Lipinski definition) is 0. The molecule has 0 saturated heterocycles. The number of allylic oxidation sites excluding steroid dienone is 2. The Labute approximate surface area is 145 Å². The van der Waals surface area contributed by atoms with E-state index in [0.717, 1.165) is 23.1 Å². The van der Waals surface area contributed by atoms with E-state index in [-0.39, 0.29) is 12.4 Å². The largest absolute Gasteiger partial charge is 0.494 e. The number of Topliss-reactive ketones (excluding diaryl/α,β-unsaturated/α-hetero) is 1. The van der Waals surface area contributed by atoms with E-state index in [1.54, 1.807) is 19.1 Å². The van der Waals surface area contributed by atoms with Crippen molar-refractivity contribution in [2.24, 2.45) is 0 Å². The van der Waals surface area contributed by atoms with Crippen LogP contribution in [0.5, 0.6) is 5.75 Å². The van der Waals surface area contributed by atoms with Crippen LogP contribution in [0.2, 0.25) is 0 Å². The highest BCUT2D eigenvalue weighted by Gasteiger charge is 2.32. The summed E-state index contributed by atoms with van der Waals surface area (Å²) >= 11 is 1.15. The van der Waals surface area contributed by atoms with Crippen LogP contribution in [0.3, 0.4) is 0 Å². The lowest BCUT2D eigenvalue weighted by Gasteiger charge is -2.07. The molecule has 0 saturated carbocycles. The number of carbonyl (C=O) groups is 2. The number of ether oxygens (including phenoxy) is 3. The molecular formula is C18H20O5S. The van der Waals surface area contributed by atoms with E-state index in [0.29, 0.717) is 28.8 Å². The van der Waals surface area contributed by atoms with Crippen molar-refractivity contribution in [2.75, 3.05) is 19.8 Å². The first-order valence-corrected chi connectivity index (χ1v) is 8.63. The number of thioether (sulfide) groups is 1. The second-order valence-electron chi connectivity index (χ2n) is 4.74. The van der Waals surface area contributed by atoms with E-state index in [4.69, 9.17) is 14.2 Å². The van der Waals surface area contributed by atoms with Gasteiger partial charge in [-0.2, -0.15) is 0 Å². The van der Waals surface area contributed by atoms with Crippen molar-refractivity contribution in [1.29, 1.82) is 0 Å². The molecule has 0 aromatic heterocycles. The fourth-order valence-corrected chi connectivity index (χ4v) is 3.20. The topological polar surface area (TPSA) is 61.8 Å². The van der Waals surface area contributed by atoms with E-state index in [2.05, 4.69) is 0 Å². The second kappa shape index (κ2) is 8.59. The maximum Gasteiger partial charge on any atom is 0.332 e. The minimum absolute atomic E-state index is 0.235. The molecule has 1 heterocycles. The third kappa shape index (κ3) is 4.20. The minimum atomic E-state index is -0.530. The summed E-state index contributed by atoms with van der Waals surface area (Å²) in [5.41, 5.74) is 1.19. The lowest BCUT2D eigenvalue weighted by molar-refractivity contribution is -0.137. The van der Waals surface area contributed by atoms with E-state index in [9.17, 15) is 9.59 Å². The van der Waals surface area contributed by atoms with Crippen molar-refractivity contribution in [3.63, 3.8) is 0 Å². The van der Waals surface area contributed by atoms with Crippen molar-refractivity contribution in [1.82, 2.24) is 0 Å². The molecule has 1 aromatic rings. The van der Waals surface area contributed by atoms with Gasteiger partial charge < -0.3 is 14.2 Å². The third-order valence-electron chi connectivity index (χ3n) is 3.12. The molecule has 6 heteroatoms. The van der Waals surface area contributed by atoms with Crippen LogP contribution in [0, 0.1) is 0 Å². The van der Waals surface area contributed by atoms with Crippen LogP contribution >= 0.6 is 11.8 Å². The Bertz CT molecular complexity index is 673. The van der Waals surface area contributed by atoms with Crippen LogP contribution in [0.1, 0.15) is 26.3 Å². The van der Waals surface area contributed by atoms with E-state index in [1.165, 1.54) is 6.08 Å². The molecule has 24 heavy (non-hydrogen) atoms. The molecular weight excluding hydrogens is 328 g/mol. The molecule has 0 aliphatic carbocycles. The molecule has 0 amide bonds. The fraction of sp³-hybridized carbons (Fsp3) is 0.333. The van der Waals surface area contributed by atoms with Crippen LogP contribution < -0.4 is 4.74 Å². The summed E-state index contributed by atoms with van der Waals surface area (Å²) in [7, 11) is 0. The van der Waals surface area contributed by atoms with Gasteiger partial charge in [0.15, 0.2) is 5.09 Å². The fourth-order valence-electron chi connectivity index (χ4n) is 2.17. The van der Waals surface area contributed by atoms with Gasteiger partial charge in [-0.3, -0.25) is 4.79 Å². The first-order valence-electron chi connectivity index (χ1n) is 7.81. The SMILES string of the molecule is CCOC(=O)/C=C1\SC(OCC)=C(c2ccc(OCC)cc2)C1=O. The molecule has 1 aliphatic heterocycles. The van der Waals surface area contributed by atoms with Gasteiger partial charge >= 0.3 is 5.97 Å². The Morgan fingerprint density at radius 1 is 1.04 bits per heavy atom. The Morgan fingerprint density at radius 3 is 2.29 bits per heavy atom. The summed E-state index contributed by atoms with van der Waals surface area (Å²) in [5, 5.41) is 0.502. The molecule has 0 radical (unpaired) electrons. The second-order valence-corrected chi connectivity index (χ2v) is 5.76. The number of carbonyl (C=O) groups excluding carboxylic acids is 2. The van der Waals surface area contributed by atoms with Gasteiger partial charge in [0.1, 0.15) is 5.75 Å². The van der Waals surface area contributed by atoms with Gasteiger partial charge in [-0.25, -0.2) is 4.79 Å². The number of esters is 1. The summed E-state index contributed by atoms with van der Waals surface area (Å²) in [6.45, 7) is 6.75. The van der Waals surface area contributed by atoms with Crippen LogP contribution in [-0.4, -0.2) is 31.6 Å². The van der Waals surface area contributed by atoms with E-state index in [1.807, 2.05) is 26.0 Å². The van der Waals surface area contributed by atoms with Crippen LogP contribution in [0.15, 0.2) is 40.3 Å². The summed E-state index contributed by atoms with van der Waals surface area (Å²) in [6, 6.07) is 7.23. The average molecular weight is 348 g/mol. The molecule has 0 fully saturated rings. The molecule has 1 aliphatic rings. The van der Waals surface area contributed by atoms with Crippen LogP contribution in [-0.2, 0) is 19.1 Å². The monoisotopic (exact) mass is 348 g/mol. The Balaban J connectivity index is 2.31.